The minimum atomic E-state index is -3.50. The van der Waals surface area contributed by atoms with Crippen molar-refractivity contribution in [1.29, 1.82) is 0 Å². The van der Waals surface area contributed by atoms with Gasteiger partial charge in [-0.15, -0.1) is 0 Å². The fraction of sp³-hybridized carbons (Fsp3) is 0.500. The average Bonchev–Trinajstić information content (AvgIpc) is 2.39. The van der Waals surface area contributed by atoms with Gasteiger partial charge in [-0.2, -0.15) is 4.31 Å². The van der Waals surface area contributed by atoms with Crippen LogP contribution in [0, 0.1) is 0 Å². The van der Waals surface area contributed by atoms with Gasteiger partial charge in [0, 0.05) is 22.4 Å². The molecule has 7 heteroatoms. The lowest BCUT2D eigenvalue weighted by molar-refractivity contribution is -0.0139. The van der Waals surface area contributed by atoms with E-state index in [-0.39, 0.29) is 12.1 Å². The van der Waals surface area contributed by atoms with Crippen molar-refractivity contribution in [3.63, 3.8) is 0 Å². The van der Waals surface area contributed by atoms with Crippen LogP contribution in [0.15, 0.2) is 33.6 Å². The van der Waals surface area contributed by atoms with E-state index in [0.717, 1.165) is 0 Å². The number of nitrogens with zero attached hydrogens (tertiary/aromatic N) is 1. The highest BCUT2D eigenvalue weighted by atomic mass is 79.9. The number of sulfonamides is 1. The zero-order chi connectivity index (χ0) is 14.0. The van der Waals surface area contributed by atoms with Gasteiger partial charge in [-0.3, -0.25) is 0 Å². The minimum absolute atomic E-state index is 0.103. The maximum Gasteiger partial charge on any atom is 0.244 e. The van der Waals surface area contributed by atoms with Crippen LogP contribution in [-0.4, -0.2) is 43.4 Å². The molecule has 19 heavy (non-hydrogen) atoms. The Hall–Kier alpha value is 0.0500. The Labute approximate surface area is 130 Å². The van der Waals surface area contributed by atoms with E-state index in [1.807, 2.05) is 6.92 Å². The minimum Gasteiger partial charge on any atom is -0.374 e. The number of ether oxygens (including phenoxy) is 1. The van der Waals surface area contributed by atoms with Crippen molar-refractivity contribution in [3.8, 4) is 0 Å². The van der Waals surface area contributed by atoms with Crippen LogP contribution in [0.25, 0.3) is 0 Å². The van der Waals surface area contributed by atoms with Gasteiger partial charge in [-0.25, -0.2) is 8.42 Å². The molecule has 0 bridgehead atoms. The highest BCUT2D eigenvalue weighted by Gasteiger charge is 2.35. The standard InChI is InChI=1S/C12H15Br2NO3S/c1-9-8-18-10(6-13)7-15(9)19(16,17)12-5-3-2-4-11(12)14/h2-5,9-10H,6-8H2,1H3. The smallest absolute Gasteiger partial charge is 0.244 e. The first-order valence-electron chi connectivity index (χ1n) is 5.90. The molecule has 1 aliphatic heterocycles. The summed E-state index contributed by atoms with van der Waals surface area (Å²) in [6, 6.07) is 6.72. The van der Waals surface area contributed by atoms with E-state index in [1.165, 1.54) is 4.31 Å². The molecule has 0 aliphatic carbocycles. The molecule has 1 fully saturated rings. The first-order valence-corrected chi connectivity index (χ1v) is 9.26. The van der Waals surface area contributed by atoms with Crippen molar-refractivity contribution < 1.29 is 13.2 Å². The second-order valence-corrected chi connectivity index (χ2v) is 7.82. The van der Waals surface area contributed by atoms with Gasteiger partial charge in [0.15, 0.2) is 0 Å². The zero-order valence-electron chi connectivity index (χ0n) is 10.4. The Kier molecular flexibility index (Phi) is 5.05. The zero-order valence-corrected chi connectivity index (χ0v) is 14.4. The number of benzene rings is 1. The Balaban J connectivity index is 2.36. The second kappa shape index (κ2) is 6.22. The van der Waals surface area contributed by atoms with E-state index in [9.17, 15) is 8.42 Å². The van der Waals surface area contributed by atoms with E-state index >= 15 is 0 Å². The van der Waals surface area contributed by atoms with Gasteiger partial charge < -0.3 is 4.74 Å². The summed E-state index contributed by atoms with van der Waals surface area (Å²) in [5.41, 5.74) is 0. The average molecular weight is 413 g/mol. The summed E-state index contributed by atoms with van der Waals surface area (Å²) in [6.45, 7) is 2.65. The third-order valence-electron chi connectivity index (χ3n) is 3.04. The fourth-order valence-corrected chi connectivity index (χ4v) is 5.01. The van der Waals surface area contributed by atoms with Crippen LogP contribution in [-0.2, 0) is 14.8 Å². The molecule has 0 radical (unpaired) electrons. The Morgan fingerprint density at radius 3 is 2.74 bits per heavy atom. The molecular weight excluding hydrogens is 398 g/mol. The number of alkyl halides is 1. The summed E-state index contributed by atoms with van der Waals surface area (Å²) in [7, 11) is -3.50. The number of morpholine rings is 1. The fourth-order valence-electron chi connectivity index (χ4n) is 2.00. The molecule has 1 heterocycles. The van der Waals surface area contributed by atoms with E-state index in [2.05, 4.69) is 31.9 Å². The molecule has 4 nitrogen and oxygen atoms in total. The number of rotatable bonds is 3. The topological polar surface area (TPSA) is 46.6 Å². The lowest BCUT2D eigenvalue weighted by Gasteiger charge is -2.36. The second-order valence-electron chi connectivity index (χ2n) is 4.46. The Morgan fingerprint density at radius 2 is 2.11 bits per heavy atom. The molecule has 1 aromatic rings. The molecule has 106 valence electrons. The normalized spacial score (nSPS) is 25.4. The predicted molar refractivity (Wildman–Crippen MR) is 81.0 cm³/mol. The first-order chi connectivity index (χ1) is 8.96. The highest BCUT2D eigenvalue weighted by Crippen LogP contribution is 2.28. The number of hydrogen-bond donors (Lipinski definition) is 0. The van der Waals surface area contributed by atoms with Crippen LogP contribution < -0.4 is 0 Å². The summed E-state index contributed by atoms with van der Waals surface area (Å²) in [5.74, 6) is 0. The lowest BCUT2D eigenvalue weighted by atomic mass is 10.2. The van der Waals surface area contributed by atoms with Crippen LogP contribution in [0.4, 0.5) is 0 Å². The molecule has 0 saturated carbocycles. The van der Waals surface area contributed by atoms with Crippen LogP contribution in [0.5, 0.6) is 0 Å². The number of halogens is 2. The molecule has 1 saturated heterocycles. The first kappa shape index (κ1) is 15.4. The molecule has 2 atom stereocenters. The largest absolute Gasteiger partial charge is 0.374 e. The summed E-state index contributed by atoms with van der Waals surface area (Å²) >= 11 is 6.64. The molecule has 0 spiro atoms. The van der Waals surface area contributed by atoms with Gasteiger partial charge in [0.05, 0.1) is 17.6 Å². The predicted octanol–water partition coefficient (Wildman–Crippen LogP) is 2.62. The van der Waals surface area contributed by atoms with Crippen LogP contribution in [0.2, 0.25) is 0 Å². The van der Waals surface area contributed by atoms with Crippen molar-refractivity contribution in [2.24, 2.45) is 0 Å². The van der Waals surface area contributed by atoms with E-state index in [4.69, 9.17) is 4.74 Å². The molecule has 1 aliphatic rings. The summed E-state index contributed by atoms with van der Waals surface area (Å²) in [4.78, 5) is 0.303. The monoisotopic (exact) mass is 411 g/mol. The Morgan fingerprint density at radius 1 is 1.42 bits per heavy atom. The quantitative estimate of drug-likeness (QED) is 0.717. The molecule has 0 aromatic heterocycles. The highest BCUT2D eigenvalue weighted by molar-refractivity contribution is 9.10. The molecule has 0 N–H and O–H groups in total. The molecule has 0 amide bonds. The number of hydrogen-bond acceptors (Lipinski definition) is 3. The van der Waals surface area contributed by atoms with Crippen molar-refractivity contribution in [2.45, 2.75) is 24.0 Å². The van der Waals surface area contributed by atoms with Crippen LogP contribution >= 0.6 is 31.9 Å². The van der Waals surface area contributed by atoms with E-state index < -0.39 is 10.0 Å². The van der Waals surface area contributed by atoms with Crippen molar-refractivity contribution in [1.82, 2.24) is 4.31 Å². The van der Waals surface area contributed by atoms with Crippen molar-refractivity contribution in [2.75, 3.05) is 18.5 Å². The molecule has 1 aromatic carbocycles. The maximum atomic E-state index is 12.7. The van der Waals surface area contributed by atoms with Gasteiger partial charge in [0.1, 0.15) is 0 Å². The van der Waals surface area contributed by atoms with Gasteiger partial charge in [-0.05, 0) is 35.0 Å². The lowest BCUT2D eigenvalue weighted by Crippen LogP contribution is -2.51. The van der Waals surface area contributed by atoms with Gasteiger partial charge >= 0.3 is 0 Å². The summed E-state index contributed by atoms with van der Waals surface area (Å²) in [5, 5.41) is 0.627. The summed E-state index contributed by atoms with van der Waals surface area (Å²) < 4.78 is 33.1. The molecule has 2 rings (SSSR count). The van der Waals surface area contributed by atoms with Gasteiger partial charge in [0.2, 0.25) is 10.0 Å². The van der Waals surface area contributed by atoms with Crippen LogP contribution in [0.1, 0.15) is 6.92 Å². The van der Waals surface area contributed by atoms with E-state index in [1.54, 1.807) is 24.3 Å². The SMILES string of the molecule is CC1COC(CBr)CN1S(=O)(=O)c1ccccc1Br. The third-order valence-corrected chi connectivity index (χ3v) is 6.76. The van der Waals surface area contributed by atoms with Gasteiger partial charge in [0.25, 0.3) is 0 Å². The molecular formula is C12H15Br2NO3S. The molecule has 2 unspecified atom stereocenters. The van der Waals surface area contributed by atoms with Crippen molar-refractivity contribution >= 4 is 41.9 Å². The third kappa shape index (κ3) is 3.21. The van der Waals surface area contributed by atoms with E-state index in [0.29, 0.717) is 27.8 Å². The summed E-state index contributed by atoms with van der Waals surface area (Å²) in [6.07, 6.45) is -0.103. The Bertz CT molecular complexity index is 550. The van der Waals surface area contributed by atoms with Crippen LogP contribution in [0.3, 0.4) is 0 Å². The van der Waals surface area contributed by atoms with Crippen molar-refractivity contribution in [3.05, 3.63) is 28.7 Å². The maximum absolute atomic E-state index is 12.7. The van der Waals surface area contributed by atoms with Gasteiger partial charge in [-0.1, -0.05) is 28.1 Å².